The first-order chi connectivity index (χ1) is 12.7. The van der Waals surface area contributed by atoms with E-state index < -0.39 is 5.97 Å². The van der Waals surface area contributed by atoms with Gasteiger partial charge in [-0.1, -0.05) is 32.0 Å². The van der Waals surface area contributed by atoms with E-state index in [1.165, 1.54) is 12.1 Å². The normalized spacial score (nSPS) is 13.2. The maximum Gasteiger partial charge on any atom is 0.335 e. The second-order valence-corrected chi connectivity index (χ2v) is 5.41. The first kappa shape index (κ1) is 17.4. The summed E-state index contributed by atoms with van der Waals surface area (Å²) in [5.41, 5.74) is 3.47. The number of benzene rings is 2. The highest BCUT2D eigenvalue weighted by Gasteiger charge is 2.16. The van der Waals surface area contributed by atoms with Gasteiger partial charge in [-0.2, -0.15) is 0 Å². The molecule has 0 spiro atoms. The molecule has 0 bridgehead atoms. The van der Waals surface area contributed by atoms with Crippen molar-refractivity contribution in [2.75, 3.05) is 6.61 Å². The predicted octanol–water partition coefficient (Wildman–Crippen LogP) is 4.07. The second-order valence-electron chi connectivity index (χ2n) is 5.41. The molecule has 1 aromatic heterocycles. The van der Waals surface area contributed by atoms with Crippen LogP contribution in [0, 0.1) is 0 Å². The molecule has 0 saturated carbocycles. The smallest absolute Gasteiger partial charge is 0.335 e. The van der Waals surface area contributed by atoms with Crippen molar-refractivity contribution in [2.24, 2.45) is 10.2 Å². The van der Waals surface area contributed by atoms with E-state index >= 15 is 0 Å². The minimum absolute atomic E-state index is 0.186. The van der Waals surface area contributed by atoms with Gasteiger partial charge in [0, 0.05) is 22.8 Å². The van der Waals surface area contributed by atoms with Gasteiger partial charge >= 0.3 is 5.97 Å². The van der Waals surface area contributed by atoms with Crippen LogP contribution in [-0.4, -0.2) is 34.3 Å². The number of aromatic carboxylic acids is 1. The molecule has 6 nitrogen and oxygen atoms in total. The molecule has 6 heteroatoms. The molecule has 2 N–H and O–H groups in total. The van der Waals surface area contributed by atoms with E-state index in [9.17, 15) is 4.79 Å². The van der Waals surface area contributed by atoms with Gasteiger partial charge < -0.3 is 14.8 Å². The lowest BCUT2D eigenvalue weighted by molar-refractivity contribution is 0.0697. The van der Waals surface area contributed by atoms with Gasteiger partial charge in [-0.15, -0.1) is 10.2 Å². The number of nitrogens with one attached hydrogen (secondary N) is 1. The number of fused-ring (bicyclic) bond motifs is 1. The first-order valence-corrected chi connectivity index (χ1v) is 8.39. The number of carboxylic acid groups (broad SMARTS) is 1. The number of H-pyrrole nitrogens is 1. The third-order valence-corrected chi connectivity index (χ3v) is 3.85. The van der Waals surface area contributed by atoms with Crippen molar-refractivity contribution in [2.45, 2.75) is 13.8 Å². The minimum atomic E-state index is -0.989. The van der Waals surface area contributed by atoms with Gasteiger partial charge in [-0.3, -0.25) is 0 Å². The Labute approximate surface area is 150 Å². The van der Waals surface area contributed by atoms with Gasteiger partial charge in [0.1, 0.15) is 12.3 Å². The number of rotatable bonds is 3. The molecule has 0 unspecified atom stereocenters. The van der Waals surface area contributed by atoms with Crippen molar-refractivity contribution in [3.8, 4) is 0 Å². The van der Waals surface area contributed by atoms with E-state index in [1.807, 2.05) is 44.3 Å². The second kappa shape index (κ2) is 7.65. The molecular formula is C20H19N3O3. The van der Waals surface area contributed by atoms with Crippen LogP contribution in [-0.2, 0) is 4.74 Å². The van der Waals surface area contributed by atoms with Crippen molar-refractivity contribution in [3.05, 3.63) is 71.4 Å². The lowest BCUT2D eigenvalue weighted by Crippen LogP contribution is -2.20. The van der Waals surface area contributed by atoms with E-state index in [-0.39, 0.29) is 12.2 Å². The summed E-state index contributed by atoms with van der Waals surface area (Å²) in [6.45, 7) is 4.28. The van der Waals surface area contributed by atoms with E-state index in [4.69, 9.17) is 9.84 Å². The van der Waals surface area contributed by atoms with Crippen LogP contribution >= 0.6 is 0 Å². The lowest BCUT2D eigenvalue weighted by atomic mass is 10.1. The van der Waals surface area contributed by atoms with Crippen LogP contribution in [0.25, 0.3) is 10.9 Å². The summed E-state index contributed by atoms with van der Waals surface area (Å²) in [5, 5.41) is 18.5. The van der Waals surface area contributed by atoms with Gasteiger partial charge in [0.05, 0.1) is 5.56 Å². The Morgan fingerprint density at radius 2 is 1.92 bits per heavy atom. The van der Waals surface area contributed by atoms with Crippen molar-refractivity contribution < 1.29 is 14.6 Å². The van der Waals surface area contributed by atoms with Crippen LogP contribution in [0.3, 0.4) is 0 Å². The topological polar surface area (TPSA) is 87.0 Å². The minimum Gasteiger partial charge on any atom is -0.478 e. The summed E-state index contributed by atoms with van der Waals surface area (Å²) in [6.07, 6.45) is 1.89. The van der Waals surface area contributed by atoms with Crippen molar-refractivity contribution in [3.63, 3.8) is 0 Å². The molecule has 3 aromatic rings. The van der Waals surface area contributed by atoms with Crippen LogP contribution in [0.2, 0.25) is 0 Å². The van der Waals surface area contributed by atoms with E-state index in [2.05, 4.69) is 15.2 Å². The van der Waals surface area contributed by atoms with E-state index in [1.54, 1.807) is 12.1 Å². The predicted molar refractivity (Wildman–Crippen MR) is 102 cm³/mol. The van der Waals surface area contributed by atoms with Gasteiger partial charge in [0.25, 0.3) is 0 Å². The average molecular weight is 349 g/mol. The SMILES string of the molecule is CC.O=C(O)c1cccc(C2=NN=C(c3ccc4cc[nH]c4c3)CO2)c1. The molecule has 0 saturated heterocycles. The fourth-order valence-electron chi connectivity index (χ4n) is 2.59. The molecule has 0 amide bonds. The Hall–Kier alpha value is -3.41. The molecule has 0 atom stereocenters. The molecular weight excluding hydrogens is 330 g/mol. The maximum atomic E-state index is 11.0. The number of carbonyl (C=O) groups is 1. The summed E-state index contributed by atoms with van der Waals surface area (Å²) in [5.74, 6) is -0.667. The van der Waals surface area contributed by atoms with Crippen molar-refractivity contribution in [1.29, 1.82) is 0 Å². The number of aromatic nitrogens is 1. The number of nitrogens with zero attached hydrogens (tertiary/aromatic N) is 2. The molecule has 1 aliphatic rings. The zero-order valence-electron chi connectivity index (χ0n) is 14.6. The number of ether oxygens (including phenoxy) is 1. The Kier molecular flexibility index (Phi) is 5.12. The zero-order chi connectivity index (χ0) is 18.5. The van der Waals surface area contributed by atoms with Gasteiger partial charge in [-0.05, 0) is 35.7 Å². The van der Waals surface area contributed by atoms with Crippen LogP contribution < -0.4 is 0 Å². The quantitative estimate of drug-likeness (QED) is 0.747. The molecule has 0 aliphatic carbocycles. The number of hydrogen-bond acceptors (Lipinski definition) is 4. The molecule has 132 valence electrons. The number of aromatic amines is 1. The third kappa shape index (κ3) is 3.49. The largest absolute Gasteiger partial charge is 0.478 e. The van der Waals surface area contributed by atoms with Crippen LogP contribution in [0.1, 0.15) is 35.3 Å². The fourth-order valence-corrected chi connectivity index (χ4v) is 2.59. The Balaban J connectivity index is 0.000000948. The van der Waals surface area contributed by atoms with Crippen LogP contribution in [0.15, 0.2) is 64.9 Å². The summed E-state index contributed by atoms with van der Waals surface area (Å²) in [4.78, 5) is 14.2. The Morgan fingerprint density at radius 1 is 1.08 bits per heavy atom. The molecule has 0 fully saturated rings. The van der Waals surface area contributed by atoms with Crippen molar-refractivity contribution in [1.82, 2.24) is 4.98 Å². The van der Waals surface area contributed by atoms with Crippen LogP contribution in [0.5, 0.6) is 0 Å². The molecule has 2 aromatic carbocycles. The van der Waals surface area contributed by atoms with Gasteiger partial charge in [0.2, 0.25) is 5.90 Å². The van der Waals surface area contributed by atoms with E-state index in [0.29, 0.717) is 11.5 Å². The van der Waals surface area contributed by atoms with Gasteiger partial charge in [-0.25, -0.2) is 4.79 Å². The van der Waals surface area contributed by atoms with E-state index in [0.717, 1.165) is 22.2 Å². The highest BCUT2D eigenvalue weighted by Crippen LogP contribution is 2.17. The fraction of sp³-hybridized carbons (Fsp3) is 0.150. The summed E-state index contributed by atoms with van der Waals surface area (Å²) in [6, 6.07) is 14.4. The van der Waals surface area contributed by atoms with Crippen LogP contribution in [0.4, 0.5) is 0 Å². The Bertz CT molecular complexity index is 1000. The highest BCUT2D eigenvalue weighted by molar-refractivity contribution is 6.07. The average Bonchev–Trinajstić information content (AvgIpc) is 3.17. The third-order valence-electron chi connectivity index (χ3n) is 3.85. The standard InChI is InChI=1S/C18H13N3O3.C2H6/c22-18(23)14-3-1-2-13(8-14)17-21-20-16(10-24-17)12-5-4-11-6-7-19-15(11)9-12;1-2/h1-9,19H,10H2,(H,22,23);1-2H3. The molecule has 0 radical (unpaired) electrons. The highest BCUT2D eigenvalue weighted by atomic mass is 16.5. The van der Waals surface area contributed by atoms with Crippen molar-refractivity contribution >= 4 is 28.5 Å². The summed E-state index contributed by atoms with van der Waals surface area (Å²) in [7, 11) is 0. The molecule has 2 heterocycles. The molecule has 26 heavy (non-hydrogen) atoms. The molecule has 4 rings (SSSR count). The first-order valence-electron chi connectivity index (χ1n) is 8.39. The Morgan fingerprint density at radius 3 is 2.65 bits per heavy atom. The van der Waals surface area contributed by atoms with Gasteiger partial charge in [0.15, 0.2) is 0 Å². The maximum absolute atomic E-state index is 11.0. The number of carboxylic acids is 1. The monoisotopic (exact) mass is 349 g/mol. The molecule has 1 aliphatic heterocycles. The summed E-state index contributed by atoms with van der Waals surface area (Å²) >= 11 is 0. The summed E-state index contributed by atoms with van der Waals surface area (Å²) < 4.78 is 5.68. The lowest BCUT2D eigenvalue weighted by Gasteiger charge is -2.14. The zero-order valence-corrected chi connectivity index (χ0v) is 14.6. The number of hydrogen-bond donors (Lipinski definition) is 2.